The van der Waals surface area contributed by atoms with Crippen molar-refractivity contribution in [2.45, 2.75) is 24.5 Å². The van der Waals surface area contributed by atoms with Crippen LogP contribution >= 0.6 is 0 Å². The van der Waals surface area contributed by atoms with Crippen molar-refractivity contribution in [2.24, 2.45) is 0 Å². The fraction of sp³-hybridized carbons (Fsp3) is 0.600. The third-order valence-corrected chi connectivity index (χ3v) is 3.69. The zero-order valence-corrected chi connectivity index (χ0v) is 11.8. The lowest BCUT2D eigenvalue weighted by Gasteiger charge is -2.32. The van der Waals surface area contributed by atoms with Crippen LogP contribution in [-0.2, 0) is 4.74 Å². The number of hydrogen-bond donors (Lipinski definition) is 3. The molecule has 0 spiro atoms. The smallest absolute Gasteiger partial charge is 0.119 e. The van der Waals surface area contributed by atoms with Crippen molar-refractivity contribution in [3.63, 3.8) is 0 Å². The van der Waals surface area contributed by atoms with Gasteiger partial charge in [0.15, 0.2) is 0 Å². The molecule has 1 fully saturated rings. The van der Waals surface area contributed by atoms with E-state index in [1.807, 2.05) is 24.3 Å². The zero-order chi connectivity index (χ0) is 14.4. The van der Waals surface area contributed by atoms with Gasteiger partial charge >= 0.3 is 0 Å². The largest absolute Gasteiger partial charge is 0.497 e. The number of methoxy groups -OCH3 is 1. The lowest BCUT2D eigenvalue weighted by atomic mass is 9.94. The molecule has 0 aliphatic carbocycles. The van der Waals surface area contributed by atoms with Crippen molar-refractivity contribution in [1.82, 2.24) is 5.32 Å². The van der Waals surface area contributed by atoms with Crippen LogP contribution < -0.4 is 10.1 Å². The van der Waals surface area contributed by atoms with Crippen LogP contribution in [0.25, 0.3) is 0 Å². The molecule has 1 unspecified atom stereocenters. The molecule has 1 heterocycles. The summed E-state index contributed by atoms with van der Waals surface area (Å²) in [4.78, 5) is 0. The Labute approximate surface area is 119 Å². The van der Waals surface area contributed by atoms with Crippen LogP contribution in [0.15, 0.2) is 24.3 Å². The molecular weight excluding hydrogens is 258 g/mol. The first-order chi connectivity index (χ1) is 9.63. The monoisotopic (exact) mass is 281 g/mol. The van der Waals surface area contributed by atoms with E-state index in [-0.39, 0.29) is 0 Å². The Balaban J connectivity index is 1.80. The first-order valence-corrected chi connectivity index (χ1v) is 6.96. The normalized spacial score (nSPS) is 19.6. The second-order valence-electron chi connectivity index (χ2n) is 5.26. The third-order valence-electron chi connectivity index (χ3n) is 3.69. The third kappa shape index (κ3) is 4.18. The maximum absolute atomic E-state index is 10.3. The van der Waals surface area contributed by atoms with E-state index in [2.05, 4.69) is 5.32 Å². The zero-order valence-electron chi connectivity index (χ0n) is 11.8. The fourth-order valence-electron chi connectivity index (χ4n) is 2.34. The molecular formula is C15H23NO4. The summed E-state index contributed by atoms with van der Waals surface area (Å²) in [6.45, 7) is 2.06. The molecule has 0 saturated carbocycles. The van der Waals surface area contributed by atoms with E-state index in [0.717, 1.165) is 11.3 Å². The summed E-state index contributed by atoms with van der Waals surface area (Å²) >= 11 is 0. The summed E-state index contributed by atoms with van der Waals surface area (Å²) in [5, 5.41) is 23.6. The highest BCUT2D eigenvalue weighted by molar-refractivity contribution is 5.29. The molecule has 5 nitrogen and oxygen atoms in total. The van der Waals surface area contributed by atoms with E-state index in [1.54, 1.807) is 7.11 Å². The summed E-state index contributed by atoms with van der Waals surface area (Å²) < 4.78 is 10.4. The standard InChI is InChI=1S/C15H23NO4/c1-19-13-4-2-3-12(9-13)14(17)10-16-11-15(18)5-7-20-8-6-15/h2-4,9,14,16-18H,5-8,10-11H2,1H3. The van der Waals surface area contributed by atoms with Gasteiger partial charge in [0.25, 0.3) is 0 Å². The average molecular weight is 281 g/mol. The van der Waals surface area contributed by atoms with Gasteiger partial charge in [-0.1, -0.05) is 12.1 Å². The second-order valence-corrected chi connectivity index (χ2v) is 5.26. The molecule has 3 N–H and O–H groups in total. The summed E-state index contributed by atoms with van der Waals surface area (Å²) in [7, 11) is 1.60. The first-order valence-electron chi connectivity index (χ1n) is 6.96. The van der Waals surface area contributed by atoms with Crippen LogP contribution in [-0.4, -0.2) is 49.2 Å². The molecule has 0 bridgehead atoms. The van der Waals surface area contributed by atoms with Crippen LogP contribution in [0, 0.1) is 0 Å². The van der Waals surface area contributed by atoms with Gasteiger partial charge in [-0.3, -0.25) is 0 Å². The number of hydrogen-bond acceptors (Lipinski definition) is 5. The van der Waals surface area contributed by atoms with Crippen LogP contribution in [0.2, 0.25) is 0 Å². The van der Waals surface area contributed by atoms with E-state index in [0.29, 0.717) is 39.1 Å². The minimum Gasteiger partial charge on any atom is -0.497 e. The van der Waals surface area contributed by atoms with E-state index in [1.165, 1.54) is 0 Å². The van der Waals surface area contributed by atoms with Gasteiger partial charge in [-0.25, -0.2) is 0 Å². The number of aliphatic hydroxyl groups is 2. The Morgan fingerprint density at radius 3 is 2.85 bits per heavy atom. The highest BCUT2D eigenvalue weighted by atomic mass is 16.5. The lowest BCUT2D eigenvalue weighted by molar-refractivity contribution is -0.0623. The molecule has 1 aromatic rings. The minimum atomic E-state index is -0.716. The molecule has 1 saturated heterocycles. The summed E-state index contributed by atoms with van der Waals surface area (Å²) in [5.74, 6) is 0.726. The maximum atomic E-state index is 10.3. The molecule has 0 radical (unpaired) electrons. The van der Waals surface area contributed by atoms with Crippen LogP contribution in [0.4, 0.5) is 0 Å². The predicted octanol–water partition coefficient (Wildman–Crippen LogP) is 0.860. The Morgan fingerprint density at radius 2 is 2.15 bits per heavy atom. The minimum absolute atomic E-state index is 0.399. The van der Waals surface area contributed by atoms with E-state index in [9.17, 15) is 10.2 Å². The first kappa shape index (κ1) is 15.3. The Kier molecular flexibility index (Phi) is 5.37. The van der Waals surface area contributed by atoms with Gasteiger partial charge in [0.05, 0.1) is 18.8 Å². The van der Waals surface area contributed by atoms with Gasteiger partial charge in [-0.15, -0.1) is 0 Å². The van der Waals surface area contributed by atoms with Crippen molar-refractivity contribution in [2.75, 3.05) is 33.4 Å². The van der Waals surface area contributed by atoms with E-state index >= 15 is 0 Å². The van der Waals surface area contributed by atoms with Gasteiger partial charge < -0.3 is 25.0 Å². The van der Waals surface area contributed by atoms with Gasteiger partial charge in [0.1, 0.15) is 5.75 Å². The van der Waals surface area contributed by atoms with Crippen molar-refractivity contribution in [3.8, 4) is 5.75 Å². The Bertz CT molecular complexity index is 418. The number of benzene rings is 1. The molecule has 112 valence electrons. The fourth-order valence-corrected chi connectivity index (χ4v) is 2.34. The quantitative estimate of drug-likeness (QED) is 0.721. The number of ether oxygens (including phenoxy) is 2. The van der Waals surface area contributed by atoms with E-state index in [4.69, 9.17) is 9.47 Å². The van der Waals surface area contributed by atoms with Crippen molar-refractivity contribution < 1.29 is 19.7 Å². The van der Waals surface area contributed by atoms with Gasteiger partial charge in [-0.05, 0) is 17.7 Å². The van der Waals surface area contributed by atoms with Crippen LogP contribution in [0.3, 0.4) is 0 Å². The molecule has 1 aliphatic heterocycles. The molecule has 20 heavy (non-hydrogen) atoms. The second kappa shape index (κ2) is 7.04. The predicted molar refractivity (Wildman–Crippen MR) is 75.8 cm³/mol. The molecule has 5 heteroatoms. The van der Waals surface area contributed by atoms with Crippen LogP contribution in [0.5, 0.6) is 5.75 Å². The maximum Gasteiger partial charge on any atom is 0.119 e. The lowest BCUT2D eigenvalue weighted by Crippen LogP contribution is -2.45. The van der Waals surface area contributed by atoms with Gasteiger partial charge in [0, 0.05) is 39.1 Å². The van der Waals surface area contributed by atoms with Gasteiger partial charge in [-0.2, -0.15) is 0 Å². The summed E-state index contributed by atoms with van der Waals surface area (Å²) in [5.41, 5.74) is 0.0858. The summed E-state index contributed by atoms with van der Waals surface area (Å²) in [6, 6.07) is 7.37. The molecule has 0 amide bonds. The van der Waals surface area contributed by atoms with Crippen molar-refractivity contribution in [1.29, 1.82) is 0 Å². The molecule has 1 aromatic carbocycles. The topological polar surface area (TPSA) is 71.0 Å². The molecule has 2 rings (SSSR count). The van der Waals surface area contributed by atoms with Crippen LogP contribution in [0.1, 0.15) is 24.5 Å². The number of rotatable bonds is 6. The Hall–Kier alpha value is -1.14. The van der Waals surface area contributed by atoms with E-state index < -0.39 is 11.7 Å². The van der Waals surface area contributed by atoms with Gasteiger partial charge in [0.2, 0.25) is 0 Å². The SMILES string of the molecule is COc1cccc(C(O)CNCC2(O)CCOCC2)c1. The molecule has 0 aromatic heterocycles. The summed E-state index contributed by atoms with van der Waals surface area (Å²) in [6.07, 6.45) is 0.651. The highest BCUT2D eigenvalue weighted by Gasteiger charge is 2.29. The number of aliphatic hydroxyl groups excluding tert-OH is 1. The number of nitrogens with one attached hydrogen (secondary N) is 1. The molecule has 1 aliphatic rings. The Morgan fingerprint density at radius 1 is 1.40 bits per heavy atom. The highest BCUT2D eigenvalue weighted by Crippen LogP contribution is 2.21. The van der Waals surface area contributed by atoms with Crippen molar-refractivity contribution >= 4 is 0 Å². The molecule has 1 atom stereocenters. The van der Waals surface area contributed by atoms with Crippen molar-refractivity contribution in [3.05, 3.63) is 29.8 Å². The average Bonchev–Trinajstić information content (AvgIpc) is 2.48.